The number of carbonyl (C=O) groups is 1. The molecule has 7 nitrogen and oxygen atoms in total. The van der Waals surface area contributed by atoms with E-state index in [1.165, 1.54) is 16.4 Å². The average molecular weight is 288 g/mol. The summed E-state index contributed by atoms with van der Waals surface area (Å²) in [4.78, 5) is 12.1. The van der Waals surface area contributed by atoms with Gasteiger partial charge in [0.15, 0.2) is 0 Å². The molecule has 1 aromatic carbocycles. The smallest absolute Gasteiger partial charge is 0.237 e. The number of amides is 1. The van der Waals surface area contributed by atoms with Gasteiger partial charge >= 0.3 is 0 Å². The van der Waals surface area contributed by atoms with Crippen LogP contribution in [0.2, 0.25) is 0 Å². The lowest BCUT2D eigenvalue weighted by molar-refractivity contribution is -0.115. The maximum absolute atomic E-state index is 12.1. The van der Waals surface area contributed by atoms with Gasteiger partial charge in [0.05, 0.1) is 16.9 Å². The molecule has 2 rings (SSSR count). The summed E-state index contributed by atoms with van der Waals surface area (Å²) < 4.78 is 1.50. The molecule has 1 heterocycles. The molecular weight excluding hydrogens is 276 g/mol. The topological polar surface area (TPSA) is 96.5 Å². The van der Waals surface area contributed by atoms with E-state index in [1.54, 1.807) is 38.2 Å². The summed E-state index contributed by atoms with van der Waals surface area (Å²) in [7, 11) is 1.71. The molecule has 0 spiro atoms. The molecule has 20 heavy (non-hydrogen) atoms. The molecule has 2 aromatic rings. The molecular formula is C12H12N6OS. The molecule has 0 saturated heterocycles. The zero-order valence-electron chi connectivity index (χ0n) is 10.9. The van der Waals surface area contributed by atoms with Crippen LogP contribution in [0.15, 0.2) is 29.4 Å². The second-order valence-electron chi connectivity index (χ2n) is 4.03. The number of hydrogen-bond donors (Lipinski definition) is 1. The highest BCUT2D eigenvalue weighted by atomic mass is 32.2. The van der Waals surface area contributed by atoms with E-state index in [0.717, 1.165) is 0 Å². The van der Waals surface area contributed by atoms with Crippen molar-refractivity contribution in [3.63, 3.8) is 0 Å². The van der Waals surface area contributed by atoms with Crippen LogP contribution in [0, 0.1) is 11.3 Å². The fourth-order valence-corrected chi connectivity index (χ4v) is 2.20. The van der Waals surface area contributed by atoms with Crippen molar-refractivity contribution in [2.24, 2.45) is 7.05 Å². The predicted molar refractivity (Wildman–Crippen MR) is 73.9 cm³/mol. The van der Waals surface area contributed by atoms with E-state index >= 15 is 0 Å². The minimum atomic E-state index is -0.356. The number of nitrogens with one attached hydrogen (secondary N) is 1. The molecule has 0 unspecified atom stereocenters. The number of anilines is 1. The number of carbonyl (C=O) groups excluding carboxylic acids is 1. The van der Waals surface area contributed by atoms with Crippen molar-refractivity contribution in [1.29, 1.82) is 5.26 Å². The van der Waals surface area contributed by atoms with Gasteiger partial charge in [-0.3, -0.25) is 4.79 Å². The zero-order chi connectivity index (χ0) is 14.5. The maximum atomic E-state index is 12.1. The van der Waals surface area contributed by atoms with Gasteiger partial charge < -0.3 is 5.32 Å². The number of nitriles is 1. The van der Waals surface area contributed by atoms with Crippen molar-refractivity contribution >= 4 is 23.4 Å². The van der Waals surface area contributed by atoms with Crippen molar-refractivity contribution in [1.82, 2.24) is 20.2 Å². The molecule has 0 bridgehead atoms. The van der Waals surface area contributed by atoms with Gasteiger partial charge in [-0.15, -0.1) is 5.10 Å². The third-order valence-corrected chi connectivity index (χ3v) is 3.62. The number of nitrogens with zero attached hydrogens (tertiary/aromatic N) is 5. The summed E-state index contributed by atoms with van der Waals surface area (Å²) in [5.41, 5.74) is 1.10. The van der Waals surface area contributed by atoms with Crippen LogP contribution in [-0.2, 0) is 11.8 Å². The molecule has 0 aliphatic rings. The number of tetrazole rings is 1. The van der Waals surface area contributed by atoms with Gasteiger partial charge in [-0.25, -0.2) is 4.68 Å². The standard InChI is InChI=1S/C12H12N6OS/c1-8(20-12-15-16-17-18(12)2)11(19)14-10-5-3-4-9(6-10)7-13/h3-6,8H,1-2H3,(H,14,19)/t8-/m0/s1. The summed E-state index contributed by atoms with van der Waals surface area (Å²) in [6.07, 6.45) is 0. The second-order valence-corrected chi connectivity index (χ2v) is 5.33. The highest BCUT2D eigenvalue weighted by Gasteiger charge is 2.17. The van der Waals surface area contributed by atoms with Crippen molar-refractivity contribution in [2.75, 3.05) is 5.32 Å². The number of hydrogen-bond acceptors (Lipinski definition) is 6. The van der Waals surface area contributed by atoms with Crippen LogP contribution < -0.4 is 5.32 Å². The lowest BCUT2D eigenvalue weighted by atomic mass is 10.2. The molecule has 1 atom stereocenters. The number of aryl methyl sites for hydroxylation is 1. The first-order valence-electron chi connectivity index (χ1n) is 5.80. The Hall–Kier alpha value is -2.40. The van der Waals surface area contributed by atoms with E-state index in [4.69, 9.17) is 5.26 Å². The SMILES string of the molecule is C[C@H](Sc1nnnn1C)C(=O)Nc1cccc(C#N)c1. The lowest BCUT2D eigenvalue weighted by Crippen LogP contribution is -2.22. The Bertz CT molecular complexity index is 662. The van der Waals surface area contributed by atoms with Gasteiger partial charge in [0.2, 0.25) is 11.1 Å². The minimum absolute atomic E-state index is 0.173. The van der Waals surface area contributed by atoms with Gasteiger partial charge in [0.1, 0.15) is 0 Å². The fraction of sp³-hybridized carbons (Fsp3) is 0.250. The number of benzene rings is 1. The molecule has 1 aromatic heterocycles. The third-order valence-electron chi connectivity index (χ3n) is 2.49. The third kappa shape index (κ3) is 3.33. The van der Waals surface area contributed by atoms with Crippen LogP contribution in [0.25, 0.3) is 0 Å². The van der Waals surface area contributed by atoms with Gasteiger partial charge in [0.25, 0.3) is 0 Å². The summed E-state index contributed by atoms with van der Waals surface area (Å²) in [5.74, 6) is -0.173. The number of rotatable bonds is 4. The van der Waals surface area contributed by atoms with Gasteiger partial charge in [0, 0.05) is 12.7 Å². The van der Waals surface area contributed by atoms with Crippen molar-refractivity contribution < 1.29 is 4.79 Å². The van der Waals surface area contributed by atoms with Gasteiger partial charge in [-0.05, 0) is 35.5 Å². The van der Waals surface area contributed by atoms with E-state index < -0.39 is 0 Å². The summed E-state index contributed by atoms with van der Waals surface area (Å²) in [6, 6.07) is 8.79. The average Bonchev–Trinajstić information content (AvgIpc) is 2.84. The van der Waals surface area contributed by atoms with Gasteiger partial charge in [-0.1, -0.05) is 17.8 Å². The van der Waals surface area contributed by atoms with E-state index in [1.807, 2.05) is 6.07 Å². The zero-order valence-corrected chi connectivity index (χ0v) is 11.8. The second kappa shape index (κ2) is 6.16. The fourth-order valence-electron chi connectivity index (χ4n) is 1.44. The van der Waals surface area contributed by atoms with E-state index in [2.05, 4.69) is 20.8 Å². The molecule has 8 heteroatoms. The number of aromatic nitrogens is 4. The molecule has 1 N–H and O–H groups in total. The van der Waals surface area contributed by atoms with E-state index in [9.17, 15) is 4.79 Å². The van der Waals surface area contributed by atoms with E-state index in [0.29, 0.717) is 16.4 Å². The largest absolute Gasteiger partial charge is 0.325 e. The lowest BCUT2D eigenvalue weighted by Gasteiger charge is -2.10. The molecule has 0 radical (unpaired) electrons. The Morgan fingerprint density at radius 2 is 2.35 bits per heavy atom. The van der Waals surface area contributed by atoms with Crippen LogP contribution in [0.1, 0.15) is 12.5 Å². The maximum Gasteiger partial charge on any atom is 0.237 e. The minimum Gasteiger partial charge on any atom is -0.325 e. The van der Waals surface area contributed by atoms with Crippen LogP contribution in [-0.4, -0.2) is 31.4 Å². The number of thioether (sulfide) groups is 1. The van der Waals surface area contributed by atoms with E-state index in [-0.39, 0.29) is 11.2 Å². The first kappa shape index (κ1) is 14.0. The Morgan fingerprint density at radius 3 is 3.00 bits per heavy atom. The molecule has 0 saturated carbocycles. The molecule has 0 aliphatic carbocycles. The summed E-state index contributed by atoms with van der Waals surface area (Å²) in [6.45, 7) is 1.77. The molecule has 0 aliphatic heterocycles. The van der Waals surface area contributed by atoms with Crippen molar-refractivity contribution in [3.8, 4) is 6.07 Å². The summed E-state index contributed by atoms with van der Waals surface area (Å²) >= 11 is 1.26. The highest BCUT2D eigenvalue weighted by molar-refractivity contribution is 8.00. The van der Waals surface area contributed by atoms with Crippen molar-refractivity contribution in [3.05, 3.63) is 29.8 Å². The Labute approximate surface area is 120 Å². The molecule has 1 amide bonds. The van der Waals surface area contributed by atoms with Crippen molar-refractivity contribution in [2.45, 2.75) is 17.3 Å². The van der Waals surface area contributed by atoms with Crippen LogP contribution in [0.5, 0.6) is 0 Å². The van der Waals surface area contributed by atoms with Gasteiger partial charge in [-0.2, -0.15) is 5.26 Å². The highest BCUT2D eigenvalue weighted by Crippen LogP contribution is 2.21. The molecule has 0 fully saturated rings. The Kier molecular flexibility index (Phi) is 4.32. The Morgan fingerprint density at radius 1 is 1.55 bits per heavy atom. The molecule has 102 valence electrons. The normalized spacial score (nSPS) is 11.7. The first-order valence-corrected chi connectivity index (χ1v) is 6.68. The first-order chi connectivity index (χ1) is 9.60. The van der Waals surface area contributed by atoms with Crippen LogP contribution in [0.3, 0.4) is 0 Å². The monoisotopic (exact) mass is 288 g/mol. The predicted octanol–water partition coefficient (Wildman–Crippen LogP) is 1.20. The Balaban J connectivity index is 2.01. The quantitative estimate of drug-likeness (QED) is 0.849. The van der Waals surface area contributed by atoms with Crippen LogP contribution >= 0.6 is 11.8 Å². The summed E-state index contributed by atoms with van der Waals surface area (Å²) in [5, 5.41) is 22.8. The van der Waals surface area contributed by atoms with Crippen LogP contribution in [0.4, 0.5) is 5.69 Å².